The topological polar surface area (TPSA) is 67.4 Å². The molecule has 2 aromatic rings. The van der Waals surface area contributed by atoms with E-state index in [1.54, 1.807) is 42.5 Å². The lowest BCUT2D eigenvalue weighted by Gasteiger charge is -2.20. The van der Waals surface area contributed by atoms with Crippen molar-refractivity contribution < 1.29 is 14.3 Å². The van der Waals surface area contributed by atoms with E-state index in [1.807, 2.05) is 6.07 Å². The van der Waals surface area contributed by atoms with Crippen LogP contribution in [0, 0.1) is 0 Å². The number of hydrogen-bond donors (Lipinski definition) is 2. The van der Waals surface area contributed by atoms with E-state index in [4.69, 9.17) is 16.3 Å². The second-order valence-electron chi connectivity index (χ2n) is 6.08. The van der Waals surface area contributed by atoms with Crippen molar-refractivity contribution in [1.29, 1.82) is 0 Å². The molecular weight excluding hydrogens is 340 g/mol. The van der Waals surface area contributed by atoms with Gasteiger partial charge >= 0.3 is 0 Å². The fourth-order valence-corrected chi connectivity index (χ4v) is 2.74. The largest absolute Gasteiger partial charge is 0.449 e. The van der Waals surface area contributed by atoms with Gasteiger partial charge in [0.05, 0.1) is 5.69 Å². The maximum Gasteiger partial charge on any atom is 0.291 e. The van der Waals surface area contributed by atoms with E-state index in [0.717, 1.165) is 18.4 Å². The van der Waals surface area contributed by atoms with Crippen LogP contribution in [0.2, 0.25) is 5.02 Å². The number of carbonyl (C=O) groups excluding carboxylic acids is 2. The summed E-state index contributed by atoms with van der Waals surface area (Å²) in [6, 6.07) is 12.4. The Morgan fingerprint density at radius 3 is 2.84 bits per heavy atom. The lowest BCUT2D eigenvalue weighted by Crippen LogP contribution is -2.27. The Morgan fingerprint density at radius 2 is 2.08 bits per heavy atom. The minimum Gasteiger partial charge on any atom is -0.449 e. The van der Waals surface area contributed by atoms with Crippen LogP contribution in [0.15, 0.2) is 48.2 Å². The minimum absolute atomic E-state index is 0.139. The van der Waals surface area contributed by atoms with Crippen LogP contribution in [-0.2, 0) is 4.79 Å². The Hall–Kier alpha value is -2.79. The number of halogens is 1. The molecular formula is C19H15ClN2O3. The van der Waals surface area contributed by atoms with Crippen LogP contribution in [0.25, 0.3) is 6.08 Å². The average molecular weight is 355 g/mol. The van der Waals surface area contributed by atoms with Crippen molar-refractivity contribution >= 4 is 35.2 Å². The minimum atomic E-state index is -0.368. The molecule has 1 saturated carbocycles. The monoisotopic (exact) mass is 354 g/mol. The van der Waals surface area contributed by atoms with Gasteiger partial charge in [0.1, 0.15) is 0 Å². The van der Waals surface area contributed by atoms with Crippen LogP contribution in [0.1, 0.15) is 28.8 Å². The third-order valence-electron chi connectivity index (χ3n) is 3.99. The Balaban J connectivity index is 1.58. The summed E-state index contributed by atoms with van der Waals surface area (Å²) in [6.45, 7) is 0. The molecule has 6 heteroatoms. The Kier molecular flexibility index (Phi) is 3.93. The number of carbonyl (C=O) groups is 2. The molecule has 1 aliphatic carbocycles. The van der Waals surface area contributed by atoms with Crippen LogP contribution in [0.5, 0.6) is 5.75 Å². The van der Waals surface area contributed by atoms with Gasteiger partial charge in [-0.3, -0.25) is 9.59 Å². The number of anilines is 1. The first kappa shape index (κ1) is 15.7. The van der Waals surface area contributed by atoms with E-state index in [1.165, 1.54) is 0 Å². The van der Waals surface area contributed by atoms with Gasteiger partial charge in [-0.05, 0) is 54.8 Å². The number of rotatable bonds is 3. The van der Waals surface area contributed by atoms with Crippen molar-refractivity contribution in [3.8, 4) is 5.75 Å². The molecule has 1 fully saturated rings. The van der Waals surface area contributed by atoms with Crippen LogP contribution < -0.4 is 15.4 Å². The molecule has 1 heterocycles. The predicted molar refractivity (Wildman–Crippen MR) is 95.6 cm³/mol. The van der Waals surface area contributed by atoms with Crippen molar-refractivity contribution in [1.82, 2.24) is 5.32 Å². The molecule has 2 aliphatic rings. The first-order valence-electron chi connectivity index (χ1n) is 8.00. The highest BCUT2D eigenvalue weighted by atomic mass is 35.5. The van der Waals surface area contributed by atoms with Gasteiger partial charge in [-0.15, -0.1) is 0 Å². The molecule has 2 N–H and O–H groups in total. The number of hydrogen-bond acceptors (Lipinski definition) is 3. The number of ether oxygens (including phenoxy) is 1. The maximum absolute atomic E-state index is 12.3. The number of fused-ring (bicyclic) bond motifs is 1. The zero-order valence-electron chi connectivity index (χ0n) is 13.2. The summed E-state index contributed by atoms with van der Waals surface area (Å²) >= 11 is 5.96. The van der Waals surface area contributed by atoms with Gasteiger partial charge < -0.3 is 15.4 Å². The molecule has 2 aromatic carbocycles. The molecule has 4 rings (SSSR count). The van der Waals surface area contributed by atoms with E-state index in [-0.39, 0.29) is 23.6 Å². The van der Waals surface area contributed by atoms with Gasteiger partial charge in [-0.2, -0.15) is 0 Å². The highest BCUT2D eigenvalue weighted by molar-refractivity contribution is 6.30. The molecule has 1 aliphatic heterocycles. The highest BCUT2D eigenvalue weighted by Crippen LogP contribution is 2.32. The molecule has 0 unspecified atom stereocenters. The summed E-state index contributed by atoms with van der Waals surface area (Å²) in [6.07, 6.45) is 3.67. The van der Waals surface area contributed by atoms with Crippen LogP contribution in [0.3, 0.4) is 0 Å². The summed E-state index contributed by atoms with van der Waals surface area (Å²) in [4.78, 5) is 24.4. The normalized spacial score (nSPS) is 17.5. The molecule has 0 radical (unpaired) electrons. The number of benzene rings is 2. The molecule has 0 aromatic heterocycles. The Bertz CT molecular complexity index is 903. The van der Waals surface area contributed by atoms with Gasteiger partial charge in [-0.25, -0.2) is 0 Å². The predicted octanol–water partition coefficient (Wildman–Crippen LogP) is 3.60. The zero-order valence-corrected chi connectivity index (χ0v) is 14.0. The SMILES string of the molecule is O=C1Nc2cc(C(=O)NC3CC3)ccc2O/C1=C\c1cccc(Cl)c1. The second-order valence-corrected chi connectivity index (χ2v) is 6.51. The smallest absolute Gasteiger partial charge is 0.291 e. The molecule has 0 bridgehead atoms. The molecule has 25 heavy (non-hydrogen) atoms. The van der Waals surface area contributed by atoms with Gasteiger partial charge in [0.15, 0.2) is 11.5 Å². The van der Waals surface area contributed by atoms with E-state index in [9.17, 15) is 9.59 Å². The molecule has 2 amide bonds. The van der Waals surface area contributed by atoms with Crippen molar-refractivity contribution in [3.63, 3.8) is 0 Å². The van der Waals surface area contributed by atoms with Crippen LogP contribution in [0.4, 0.5) is 5.69 Å². The molecule has 126 valence electrons. The van der Waals surface area contributed by atoms with E-state index in [2.05, 4.69) is 10.6 Å². The molecule has 0 saturated heterocycles. The average Bonchev–Trinajstić information content (AvgIpc) is 3.39. The lowest BCUT2D eigenvalue weighted by atomic mass is 10.1. The quantitative estimate of drug-likeness (QED) is 0.827. The van der Waals surface area contributed by atoms with Gasteiger partial charge in [0, 0.05) is 16.6 Å². The van der Waals surface area contributed by atoms with Crippen molar-refractivity contribution in [2.24, 2.45) is 0 Å². The first-order valence-corrected chi connectivity index (χ1v) is 8.38. The molecule has 5 nitrogen and oxygen atoms in total. The standard InChI is InChI=1S/C19H15ClN2O3/c20-13-3-1-2-11(8-13)9-17-19(24)22-15-10-12(4-7-16(15)25-17)18(23)21-14-5-6-14/h1-4,7-10,14H,5-6H2,(H,21,23)(H,22,24)/b17-9-. The maximum atomic E-state index is 12.3. The summed E-state index contributed by atoms with van der Waals surface area (Å²) in [5.74, 6) is 0.160. The van der Waals surface area contributed by atoms with E-state index in [0.29, 0.717) is 22.0 Å². The zero-order chi connectivity index (χ0) is 17.4. The summed E-state index contributed by atoms with van der Waals surface area (Å²) < 4.78 is 5.69. The van der Waals surface area contributed by atoms with E-state index < -0.39 is 0 Å². The summed E-state index contributed by atoms with van der Waals surface area (Å²) in [5, 5.41) is 6.26. The number of nitrogens with one attached hydrogen (secondary N) is 2. The van der Waals surface area contributed by atoms with Gasteiger partial charge in [0.2, 0.25) is 0 Å². The van der Waals surface area contributed by atoms with Crippen molar-refractivity contribution in [3.05, 3.63) is 64.4 Å². The van der Waals surface area contributed by atoms with Crippen LogP contribution >= 0.6 is 11.6 Å². The Morgan fingerprint density at radius 1 is 1.24 bits per heavy atom. The van der Waals surface area contributed by atoms with Gasteiger partial charge in [0.25, 0.3) is 11.8 Å². The number of amides is 2. The van der Waals surface area contributed by atoms with Crippen molar-refractivity contribution in [2.75, 3.05) is 5.32 Å². The first-order chi connectivity index (χ1) is 12.1. The lowest BCUT2D eigenvalue weighted by molar-refractivity contribution is -0.115. The fourth-order valence-electron chi connectivity index (χ4n) is 2.55. The third kappa shape index (κ3) is 3.51. The highest BCUT2D eigenvalue weighted by Gasteiger charge is 2.26. The fraction of sp³-hybridized carbons (Fsp3) is 0.158. The van der Waals surface area contributed by atoms with Crippen molar-refractivity contribution in [2.45, 2.75) is 18.9 Å². The van der Waals surface area contributed by atoms with Gasteiger partial charge in [-0.1, -0.05) is 23.7 Å². The molecule has 0 atom stereocenters. The second kappa shape index (κ2) is 6.26. The van der Waals surface area contributed by atoms with E-state index >= 15 is 0 Å². The third-order valence-corrected chi connectivity index (χ3v) is 4.23. The summed E-state index contributed by atoms with van der Waals surface area (Å²) in [7, 11) is 0. The Labute approximate surface area is 149 Å². The summed E-state index contributed by atoms with van der Waals surface area (Å²) in [5.41, 5.74) is 1.75. The van der Waals surface area contributed by atoms with Crippen LogP contribution in [-0.4, -0.2) is 17.9 Å². The molecule has 0 spiro atoms.